The molecule has 4 heterocycles. The minimum atomic E-state index is -0.727. The third kappa shape index (κ3) is 3.01. The van der Waals surface area contributed by atoms with Crippen molar-refractivity contribution in [3.8, 4) is 38.1 Å². The number of hydrogen-bond donors (Lipinski definition) is 2. The molecule has 1 aromatic carbocycles. The normalized spacial score (nSPS) is 12.6. The summed E-state index contributed by atoms with van der Waals surface area (Å²) >= 11 is 1.37. The van der Waals surface area contributed by atoms with Crippen molar-refractivity contribution in [2.75, 3.05) is 6.61 Å². The molecule has 3 N–H and O–H groups in total. The van der Waals surface area contributed by atoms with Gasteiger partial charge in [0.05, 0.1) is 16.4 Å². The molecular formula is C20H13F2N5O2S. The molecule has 0 fully saturated rings. The Morgan fingerprint density at radius 3 is 2.73 bits per heavy atom. The van der Waals surface area contributed by atoms with Crippen molar-refractivity contribution in [1.29, 1.82) is 0 Å². The van der Waals surface area contributed by atoms with E-state index in [1.165, 1.54) is 29.5 Å². The molecular weight excluding hydrogens is 412 g/mol. The van der Waals surface area contributed by atoms with Crippen molar-refractivity contribution in [3.05, 3.63) is 59.3 Å². The van der Waals surface area contributed by atoms with E-state index in [1.807, 2.05) is 6.07 Å². The van der Waals surface area contributed by atoms with Crippen LogP contribution in [0, 0.1) is 11.6 Å². The van der Waals surface area contributed by atoms with Gasteiger partial charge in [0.2, 0.25) is 0 Å². The molecule has 0 aliphatic carbocycles. The van der Waals surface area contributed by atoms with Crippen LogP contribution in [0.3, 0.4) is 0 Å². The summed E-state index contributed by atoms with van der Waals surface area (Å²) in [6, 6.07) is 8.41. The van der Waals surface area contributed by atoms with E-state index < -0.39 is 17.5 Å². The molecule has 150 valence electrons. The van der Waals surface area contributed by atoms with Crippen LogP contribution in [-0.4, -0.2) is 32.9 Å². The number of nitrogens with one attached hydrogen (secondary N) is 1. The maximum atomic E-state index is 14.3. The van der Waals surface area contributed by atoms with Crippen LogP contribution in [0.2, 0.25) is 0 Å². The van der Waals surface area contributed by atoms with Crippen molar-refractivity contribution in [2.24, 2.45) is 5.73 Å². The zero-order chi connectivity index (χ0) is 20.8. The second-order valence-electron chi connectivity index (χ2n) is 6.62. The quantitative estimate of drug-likeness (QED) is 0.522. The van der Waals surface area contributed by atoms with Crippen molar-refractivity contribution < 1.29 is 18.3 Å². The number of rotatable bonds is 3. The molecule has 3 aromatic heterocycles. The molecule has 0 radical (unpaired) electrons. The number of hydrogen-bond acceptors (Lipinski definition) is 6. The van der Waals surface area contributed by atoms with Crippen LogP contribution < -0.4 is 10.5 Å². The molecule has 0 bridgehead atoms. The van der Waals surface area contributed by atoms with Crippen LogP contribution in [0.1, 0.15) is 16.1 Å². The van der Waals surface area contributed by atoms with Gasteiger partial charge in [0.1, 0.15) is 40.2 Å². The largest absolute Gasteiger partial charge is 0.491 e. The fourth-order valence-electron chi connectivity index (χ4n) is 3.34. The lowest BCUT2D eigenvalue weighted by atomic mass is 10.1. The first-order valence-electron chi connectivity index (χ1n) is 8.94. The van der Waals surface area contributed by atoms with Crippen molar-refractivity contribution in [1.82, 2.24) is 20.4 Å². The molecule has 4 aromatic rings. The monoisotopic (exact) mass is 425 g/mol. The van der Waals surface area contributed by atoms with E-state index in [1.54, 1.807) is 6.07 Å². The number of thiophene rings is 1. The molecule has 1 aliphatic heterocycles. The number of nitrogens with two attached hydrogens (primary N) is 1. The van der Waals surface area contributed by atoms with Gasteiger partial charge >= 0.3 is 0 Å². The van der Waals surface area contributed by atoms with E-state index in [9.17, 15) is 13.6 Å². The van der Waals surface area contributed by atoms with Crippen molar-refractivity contribution in [2.45, 2.75) is 6.42 Å². The van der Waals surface area contributed by atoms with Crippen molar-refractivity contribution in [3.63, 3.8) is 0 Å². The average molecular weight is 425 g/mol. The average Bonchev–Trinajstić information content (AvgIpc) is 3.32. The Bertz CT molecular complexity index is 1300. The molecule has 30 heavy (non-hydrogen) atoms. The third-order valence-corrected chi connectivity index (χ3v) is 5.92. The fraction of sp³-hybridized carbons (Fsp3) is 0.100. The minimum Gasteiger partial charge on any atom is -0.491 e. The highest BCUT2D eigenvalue weighted by Crippen LogP contribution is 2.44. The van der Waals surface area contributed by atoms with Gasteiger partial charge in [-0.3, -0.25) is 4.79 Å². The van der Waals surface area contributed by atoms with E-state index in [-0.39, 0.29) is 17.0 Å². The number of halogens is 2. The first-order chi connectivity index (χ1) is 14.5. The van der Waals surface area contributed by atoms with E-state index in [0.29, 0.717) is 30.2 Å². The Morgan fingerprint density at radius 1 is 1.10 bits per heavy atom. The van der Waals surface area contributed by atoms with Crippen LogP contribution in [0.5, 0.6) is 5.75 Å². The second-order valence-corrected chi connectivity index (χ2v) is 7.67. The first kappa shape index (κ1) is 18.4. The molecule has 0 spiro atoms. The fourth-order valence-corrected chi connectivity index (χ4v) is 4.53. The number of carbonyl (C=O) groups excluding carboxylic acids is 1. The van der Waals surface area contributed by atoms with Gasteiger partial charge in [-0.25, -0.2) is 13.8 Å². The molecule has 5 rings (SSSR count). The second kappa shape index (κ2) is 6.99. The summed E-state index contributed by atoms with van der Waals surface area (Å²) in [5, 5.41) is 10.8. The Balaban J connectivity index is 1.64. The zero-order valence-corrected chi connectivity index (χ0v) is 16.1. The van der Waals surface area contributed by atoms with Crippen LogP contribution in [0.15, 0.2) is 36.4 Å². The van der Waals surface area contributed by atoms with Gasteiger partial charge in [-0.2, -0.15) is 15.4 Å². The minimum absolute atomic E-state index is 0.135. The third-order valence-electron chi connectivity index (χ3n) is 4.73. The molecule has 0 saturated carbocycles. The number of benzene rings is 1. The molecule has 1 amide bonds. The molecule has 0 saturated heterocycles. The molecule has 7 nitrogen and oxygen atoms in total. The highest BCUT2D eigenvalue weighted by Gasteiger charge is 2.25. The smallest absolute Gasteiger partial charge is 0.267 e. The van der Waals surface area contributed by atoms with Gasteiger partial charge in [0.25, 0.3) is 5.91 Å². The lowest BCUT2D eigenvalue weighted by Gasteiger charge is -2.07. The zero-order valence-electron chi connectivity index (χ0n) is 15.3. The highest BCUT2D eigenvalue weighted by molar-refractivity contribution is 7.19. The highest BCUT2D eigenvalue weighted by atomic mass is 32.1. The van der Waals surface area contributed by atoms with Gasteiger partial charge in [-0.05, 0) is 35.9 Å². The SMILES string of the molecule is NC(=O)c1ccc2c(n1)-c1sc(-c3n[nH]nc3-c3ccc(F)cc3F)cc1CCO2. The maximum Gasteiger partial charge on any atom is 0.267 e. The van der Waals surface area contributed by atoms with E-state index in [4.69, 9.17) is 10.5 Å². The topological polar surface area (TPSA) is 107 Å². The summed E-state index contributed by atoms with van der Waals surface area (Å²) in [4.78, 5) is 17.5. The molecule has 1 aliphatic rings. The van der Waals surface area contributed by atoms with Crippen LogP contribution in [0.4, 0.5) is 8.78 Å². The summed E-state index contributed by atoms with van der Waals surface area (Å²) in [5.41, 5.74) is 7.84. The molecule has 0 unspecified atom stereocenters. The lowest BCUT2D eigenvalue weighted by molar-refractivity contribution is 0.0995. The van der Waals surface area contributed by atoms with Gasteiger partial charge in [0, 0.05) is 18.1 Å². The number of ether oxygens (including phenoxy) is 1. The summed E-state index contributed by atoms with van der Waals surface area (Å²) in [6.45, 7) is 0.437. The Labute approximate surface area is 172 Å². The number of carbonyl (C=O) groups is 1. The standard InChI is InChI=1S/C20H13F2N5O2S/c21-10-1-2-11(12(22)8-10)16-18(26-27-25-16)15-7-9-5-6-29-14-4-3-13(20(23)28)24-17(14)19(9)30-15/h1-4,7-8H,5-6H2,(H2,23,28)(H,25,26,27). The summed E-state index contributed by atoms with van der Waals surface area (Å²) < 4.78 is 33.4. The van der Waals surface area contributed by atoms with Crippen LogP contribution in [0.25, 0.3) is 32.4 Å². The van der Waals surface area contributed by atoms with Gasteiger partial charge in [0.15, 0.2) is 0 Å². The Morgan fingerprint density at radius 2 is 1.93 bits per heavy atom. The van der Waals surface area contributed by atoms with Gasteiger partial charge < -0.3 is 10.5 Å². The summed E-state index contributed by atoms with van der Waals surface area (Å²) in [7, 11) is 0. The van der Waals surface area contributed by atoms with Crippen molar-refractivity contribution >= 4 is 17.2 Å². The number of fused-ring (bicyclic) bond motifs is 3. The van der Waals surface area contributed by atoms with E-state index >= 15 is 0 Å². The predicted octanol–water partition coefficient (Wildman–Crippen LogP) is 3.57. The maximum absolute atomic E-state index is 14.3. The van der Waals surface area contributed by atoms with E-state index in [2.05, 4.69) is 20.4 Å². The lowest BCUT2D eigenvalue weighted by Crippen LogP contribution is -2.13. The number of aromatic nitrogens is 4. The molecule has 10 heteroatoms. The molecule has 0 atom stereocenters. The van der Waals surface area contributed by atoms with E-state index in [0.717, 1.165) is 21.4 Å². The summed E-state index contributed by atoms with van der Waals surface area (Å²) in [6.07, 6.45) is 0.617. The predicted molar refractivity (Wildman–Crippen MR) is 106 cm³/mol. The van der Waals surface area contributed by atoms with Crippen LogP contribution in [-0.2, 0) is 6.42 Å². The van der Waals surface area contributed by atoms with Crippen LogP contribution >= 0.6 is 11.3 Å². The van der Waals surface area contributed by atoms with Gasteiger partial charge in [-0.15, -0.1) is 11.3 Å². The number of nitrogens with zero attached hydrogens (tertiary/aromatic N) is 3. The van der Waals surface area contributed by atoms with Gasteiger partial charge in [-0.1, -0.05) is 0 Å². The number of H-pyrrole nitrogens is 1. The first-order valence-corrected chi connectivity index (χ1v) is 9.76. The summed E-state index contributed by atoms with van der Waals surface area (Å²) in [5.74, 6) is -1.48. The Kier molecular flexibility index (Phi) is 4.28. The number of pyridine rings is 1. The number of aromatic amines is 1. The Hall–Kier alpha value is -3.66. The number of amides is 1. The number of primary amides is 1.